The SMILES string of the molecule is Cc1cc(OCc2ccc(C#CCN)cc2)cc(C)c1Cl. The zero-order valence-corrected chi connectivity index (χ0v) is 13.0. The maximum Gasteiger partial charge on any atom is 0.120 e. The van der Waals surface area contributed by atoms with Gasteiger partial charge in [-0.05, 0) is 54.8 Å². The maximum atomic E-state index is 6.15. The average molecular weight is 300 g/mol. The van der Waals surface area contributed by atoms with Crippen LogP contribution in [-0.2, 0) is 6.61 Å². The second kappa shape index (κ2) is 7.17. The van der Waals surface area contributed by atoms with Gasteiger partial charge in [0.1, 0.15) is 12.4 Å². The third-order valence-electron chi connectivity index (χ3n) is 3.10. The first-order chi connectivity index (χ1) is 10.1. The molecule has 0 heterocycles. The monoisotopic (exact) mass is 299 g/mol. The molecule has 2 rings (SSSR count). The molecule has 2 N–H and O–H groups in total. The summed E-state index contributed by atoms with van der Waals surface area (Å²) in [5.41, 5.74) is 9.46. The molecular weight excluding hydrogens is 282 g/mol. The van der Waals surface area contributed by atoms with E-state index in [9.17, 15) is 0 Å². The Morgan fingerprint density at radius 1 is 1.10 bits per heavy atom. The molecule has 0 radical (unpaired) electrons. The van der Waals surface area contributed by atoms with Gasteiger partial charge in [-0.1, -0.05) is 35.6 Å². The van der Waals surface area contributed by atoms with Crippen molar-refractivity contribution in [1.82, 2.24) is 0 Å². The van der Waals surface area contributed by atoms with Gasteiger partial charge in [-0.3, -0.25) is 0 Å². The van der Waals surface area contributed by atoms with Crippen molar-refractivity contribution in [1.29, 1.82) is 0 Å². The summed E-state index contributed by atoms with van der Waals surface area (Å²) >= 11 is 6.15. The van der Waals surface area contributed by atoms with E-state index in [4.69, 9.17) is 22.1 Å². The van der Waals surface area contributed by atoms with Crippen LogP contribution in [-0.4, -0.2) is 6.54 Å². The zero-order valence-electron chi connectivity index (χ0n) is 12.2. The van der Waals surface area contributed by atoms with Gasteiger partial charge in [-0.15, -0.1) is 0 Å². The number of ether oxygens (including phenoxy) is 1. The zero-order chi connectivity index (χ0) is 15.2. The van der Waals surface area contributed by atoms with Crippen LogP contribution in [0.5, 0.6) is 5.75 Å². The van der Waals surface area contributed by atoms with Crippen molar-refractivity contribution in [3.63, 3.8) is 0 Å². The molecule has 2 aromatic carbocycles. The van der Waals surface area contributed by atoms with Gasteiger partial charge in [0.05, 0.1) is 6.54 Å². The molecule has 0 aromatic heterocycles. The molecule has 2 aromatic rings. The summed E-state index contributed by atoms with van der Waals surface area (Å²) in [7, 11) is 0. The quantitative estimate of drug-likeness (QED) is 0.874. The first-order valence-corrected chi connectivity index (χ1v) is 7.15. The van der Waals surface area contributed by atoms with E-state index in [0.717, 1.165) is 33.0 Å². The Hall–Kier alpha value is -1.95. The van der Waals surface area contributed by atoms with Crippen molar-refractivity contribution in [2.45, 2.75) is 20.5 Å². The van der Waals surface area contributed by atoms with Crippen molar-refractivity contribution in [2.24, 2.45) is 5.73 Å². The minimum Gasteiger partial charge on any atom is -0.489 e. The summed E-state index contributed by atoms with van der Waals surface area (Å²) in [6, 6.07) is 11.9. The van der Waals surface area contributed by atoms with E-state index in [2.05, 4.69) is 11.8 Å². The molecule has 0 saturated heterocycles. The van der Waals surface area contributed by atoms with E-state index in [1.54, 1.807) is 0 Å². The van der Waals surface area contributed by atoms with Gasteiger partial charge >= 0.3 is 0 Å². The Labute approximate surface area is 130 Å². The van der Waals surface area contributed by atoms with Crippen LogP contribution >= 0.6 is 11.6 Å². The third kappa shape index (κ3) is 4.26. The van der Waals surface area contributed by atoms with E-state index in [1.807, 2.05) is 50.2 Å². The van der Waals surface area contributed by atoms with Crippen molar-refractivity contribution < 1.29 is 4.74 Å². The van der Waals surface area contributed by atoms with Crippen molar-refractivity contribution in [2.75, 3.05) is 6.54 Å². The van der Waals surface area contributed by atoms with Crippen LogP contribution < -0.4 is 10.5 Å². The van der Waals surface area contributed by atoms with E-state index < -0.39 is 0 Å². The number of benzene rings is 2. The molecule has 0 fully saturated rings. The van der Waals surface area contributed by atoms with Crippen molar-refractivity contribution in [3.8, 4) is 17.6 Å². The number of hydrogen-bond acceptors (Lipinski definition) is 2. The van der Waals surface area contributed by atoms with Crippen molar-refractivity contribution >= 4 is 11.6 Å². The van der Waals surface area contributed by atoms with Gasteiger partial charge in [-0.2, -0.15) is 0 Å². The molecule has 0 saturated carbocycles. The van der Waals surface area contributed by atoms with Crippen LogP contribution in [0.2, 0.25) is 5.02 Å². The summed E-state index contributed by atoms with van der Waals surface area (Å²) in [5.74, 6) is 6.66. The summed E-state index contributed by atoms with van der Waals surface area (Å²) in [6.45, 7) is 4.85. The average Bonchev–Trinajstić information content (AvgIpc) is 2.49. The summed E-state index contributed by atoms with van der Waals surface area (Å²) < 4.78 is 5.82. The van der Waals surface area contributed by atoms with Gasteiger partial charge in [0.15, 0.2) is 0 Å². The Kier molecular flexibility index (Phi) is 5.27. The molecule has 21 heavy (non-hydrogen) atoms. The Morgan fingerprint density at radius 2 is 1.71 bits per heavy atom. The third-order valence-corrected chi connectivity index (χ3v) is 3.70. The molecule has 0 spiro atoms. The lowest BCUT2D eigenvalue weighted by molar-refractivity contribution is 0.306. The number of hydrogen-bond donors (Lipinski definition) is 1. The molecule has 0 amide bonds. The van der Waals surface area contributed by atoms with Gasteiger partial charge in [-0.25, -0.2) is 0 Å². The molecular formula is C18H18ClNO. The fraction of sp³-hybridized carbons (Fsp3) is 0.222. The van der Waals surface area contributed by atoms with Crippen LogP contribution in [0.4, 0.5) is 0 Å². The van der Waals surface area contributed by atoms with Gasteiger partial charge in [0, 0.05) is 10.6 Å². The number of nitrogens with two attached hydrogens (primary N) is 1. The lowest BCUT2D eigenvalue weighted by atomic mass is 10.1. The van der Waals surface area contributed by atoms with Crippen LogP contribution in [0, 0.1) is 25.7 Å². The summed E-state index contributed by atoms with van der Waals surface area (Å²) in [6.07, 6.45) is 0. The van der Waals surface area contributed by atoms with E-state index >= 15 is 0 Å². The van der Waals surface area contributed by atoms with E-state index in [1.165, 1.54) is 0 Å². The predicted octanol–water partition coefficient (Wildman–Crippen LogP) is 3.85. The van der Waals surface area contributed by atoms with Crippen molar-refractivity contribution in [3.05, 3.63) is 63.7 Å². The van der Waals surface area contributed by atoms with E-state index in [0.29, 0.717) is 13.2 Å². The molecule has 0 aliphatic carbocycles. The van der Waals surface area contributed by atoms with Crippen LogP contribution in [0.1, 0.15) is 22.3 Å². The minimum absolute atomic E-state index is 0.375. The smallest absolute Gasteiger partial charge is 0.120 e. The van der Waals surface area contributed by atoms with Crippen LogP contribution in [0.25, 0.3) is 0 Å². The summed E-state index contributed by atoms with van der Waals surface area (Å²) in [5, 5.41) is 0.796. The predicted molar refractivity (Wildman–Crippen MR) is 87.6 cm³/mol. The van der Waals surface area contributed by atoms with Gasteiger partial charge < -0.3 is 10.5 Å². The second-order valence-electron chi connectivity index (χ2n) is 4.86. The highest BCUT2D eigenvalue weighted by Crippen LogP contribution is 2.26. The van der Waals surface area contributed by atoms with E-state index in [-0.39, 0.29) is 0 Å². The lowest BCUT2D eigenvalue weighted by Gasteiger charge is -2.10. The summed E-state index contributed by atoms with van der Waals surface area (Å²) in [4.78, 5) is 0. The minimum atomic E-state index is 0.375. The first kappa shape index (κ1) is 15.4. The first-order valence-electron chi connectivity index (χ1n) is 6.77. The lowest BCUT2D eigenvalue weighted by Crippen LogP contribution is -1.97. The number of rotatable bonds is 3. The molecule has 0 aliphatic rings. The Balaban J connectivity index is 2.03. The van der Waals surface area contributed by atoms with Crippen LogP contribution in [0.15, 0.2) is 36.4 Å². The van der Waals surface area contributed by atoms with Crippen LogP contribution in [0.3, 0.4) is 0 Å². The fourth-order valence-corrected chi connectivity index (χ4v) is 2.10. The maximum absolute atomic E-state index is 6.15. The Bertz CT molecular complexity index is 658. The highest BCUT2D eigenvalue weighted by molar-refractivity contribution is 6.32. The number of aryl methyl sites for hydroxylation is 2. The standard InChI is InChI=1S/C18H18ClNO/c1-13-10-17(11-14(2)18(13)19)21-12-16-7-5-15(6-8-16)4-3-9-20/h5-8,10-11H,9,12,20H2,1-2H3. The Morgan fingerprint density at radius 3 is 2.29 bits per heavy atom. The fourth-order valence-electron chi connectivity index (χ4n) is 1.99. The second-order valence-corrected chi connectivity index (χ2v) is 5.24. The van der Waals surface area contributed by atoms with Gasteiger partial charge in [0.25, 0.3) is 0 Å². The van der Waals surface area contributed by atoms with Gasteiger partial charge in [0.2, 0.25) is 0 Å². The number of halogens is 1. The highest BCUT2D eigenvalue weighted by Gasteiger charge is 2.04. The molecule has 0 bridgehead atoms. The largest absolute Gasteiger partial charge is 0.489 e. The normalized spacial score (nSPS) is 9.90. The molecule has 2 nitrogen and oxygen atoms in total. The molecule has 0 aliphatic heterocycles. The molecule has 3 heteroatoms. The molecule has 0 unspecified atom stereocenters. The topological polar surface area (TPSA) is 35.2 Å². The molecule has 108 valence electrons. The highest BCUT2D eigenvalue weighted by atomic mass is 35.5. The molecule has 0 atom stereocenters.